The standard InChI is InChI=1S/C31H39FN4O4/c1-30(2,3)40-29(39)35-31(4,5)28(38)34-26(17-22-19-33-25-12-11-23(32)18-24(22)25)27(37)36-15-13-21(14-16-36)20-9-7-6-8-10-20/h6-12,18-19,21,26,33H,13-17H2,1-5H3,(H,34,38)(H,35,39). The van der Waals surface area contributed by atoms with Crippen LogP contribution in [-0.2, 0) is 20.7 Å². The van der Waals surface area contributed by atoms with Crippen molar-refractivity contribution in [1.29, 1.82) is 0 Å². The van der Waals surface area contributed by atoms with Crippen LogP contribution in [0.5, 0.6) is 0 Å². The summed E-state index contributed by atoms with van der Waals surface area (Å²) < 4.78 is 19.4. The van der Waals surface area contributed by atoms with E-state index in [1.807, 2.05) is 18.2 Å². The molecule has 1 aliphatic heterocycles. The first-order valence-corrected chi connectivity index (χ1v) is 13.7. The predicted molar refractivity (Wildman–Crippen MR) is 152 cm³/mol. The maximum absolute atomic E-state index is 14.1. The smallest absolute Gasteiger partial charge is 0.408 e. The lowest BCUT2D eigenvalue weighted by Crippen LogP contribution is -2.60. The van der Waals surface area contributed by atoms with Crippen molar-refractivity contribution in [2.24, 2.45) is 0 Å². The number of carbonyl (C=O) groups excluding carboxylic acids is 3. The number of nitrogens with zero attached hydrogens (tertiary/aromatic N) is 1. The number of benzene rings is 2. The van der Waals surface area contributed by atoms with E-state index in [1.54, 1.807) is 51.8 Å². The molecule has 3 aromatic rings. The van der Waals surface area contributed by atoms with Crippen LogP contribution in [0.15, 0.2) is 54.7 Å². The molecular formula is C31H39FN4O4. The molecule has 9 heteroatoms. The van der Waals surface area contributed by atoms with Crippen molar-refractivity contribution in [1.82, 2.24) is 20.5 Å². The quantitative estimate of drug-likeness (QED) is 0.383. The number of fused-ring (bicyclic) bond motifs is 1. The summed E-state index contributed by atoms with van der Waals surface area (Å²) in [6.07, 6.45) is 2.81. The Morgan fingerprint density at radius 1 is 1.05 bits per heavy atom. The number of ether oxygens (including phenoxy) is 1. The first kappa shape index (κ1) is 29.1. The summed E-state index contributed by atoms with van der Waals surface area (Å²) in [6, 6.07) is 13.8. The molecule has 0 bridgehead atoms. The number of alkyl carbamates (subject to hydrolysis) is 1. The highest BCUT2D eigenvalue weighted by atomic mass is 19.1. The maximum atomic E-state index is 14.1. The molecule has 0 aliphatic carbocycles. The average molecular weight is 551 g/mol. The van der Waals surface area contributed by atoms with Crippen LogP contribution < -0.4 is 10.6 Å². The van der Waals surface area contributed by atoms with Crippen molar-refractivity contribution in [2.75, 3.05) is 13.1 Å². The molecule has 1 aliphatic rings. The number of amides is 3. The van der Waals surface area contributed by atoms with Crippen molar-refractivity contribution < 1.29 is 23.5 Å². The lowest BCUT2D eigenvalue weighted by atomic mass is 9.89. The summed E-state index contributed by atoms with van der Waals surface area (Å²) in [4.78, 5) is 44.6. The third-order valence-electron chi connectivity index (χ3n) is 7.22. The molecule has 214 valence electrons. The third-order valence-corrected chi connectivity index (χ3v) is 7.22. The Kier molecular flexibility index (Phi) is 8.51. The first-order valence-electron chi connectivity index (χ1n) is 13.7. The highest BCUT2D eigenvalue weighted by Crippen LogP contribution is 2.29. The largest absolute Gasteiger partial charge is 0.444 e. The number of H-pyrrole nitrogens is 1. The molecule has 0 radical (unpaired) electrons. The van der Waals surface area contributed by atoms with Gasteiger partial charge in [-0.2, -0.15) is 0 Å². The van der Waals surface area contributed by atoms with Crippen LogP contribution in [0.25, 0.3) is 10.9 Å². The highest BCUT2D eigenvalue weighted by molar-refractivity contribution is 5.94. The molecule has 0 saturated carbocycles. The van der Waals surface area contributed by atoms with Gasteiger partial charge in [-0.25, -0.2) is 9.18 Å². The zero-order valence-electron chi connectivity index (χ0n) is 23.8. The van der Waals surface area contributed by atoms with Crippen LogP contribution in [0.2, 0.25) is 0 Å². The van der Waals surface area contributed by atoms with Gasteiger partial charge in [0.05, 0.1) is 0 Å². The van der Waals surface area contributed by atoms with Crippen LogP contribution in [-0.4, -0.2) is 58.1 Å². The van der Waals surface area contributed by atoms with Crippen molar-refractivity contribution in [3.63, 3.8) is 0 Å². The molecule has 1 saturated heterocycles. The minimum atomic E-state index is -1.35. The second-order valence-corrected chi connectivity index (χ2v) is 12.0. The lowest BCUT2D eigenvalue weighted by molar-refractivity contribution is -0.138. The molecule has 8 nitrogen and oxygen atoms in total. The van der Waals surface area contributed by atoms with Gasteiger partial charge in [0.25, 0.3) is 0 Å². The molecule has 3 N–H and O–H groups in total. The zero-order valence-corrected chi connectivity index (χ0v) is 23.8. The Morgan fingerprint density at radius 3 is 2.38 bits per heavy atom. The topological polar surface area (TPSA) is 104 Å². The van der Waals surface area contributed by atoms with E-state index < -0.39 is 29.2 Å². The molecule has 1 atom stereocenters. The molecule has 2 heterocycles. The molecule has 1 fully saturated rings. The van der Waals surface area contributed by atoms with Gasteiger partial charge >= 0.3 is 6.09 Å². The number of rotatable bonds is 7. The molecule has 1 aromatic heterocycles. The fourth-order valence-corrected chi connectivity index (χ4v) is 5.07. The zero-order chi connectivity index (χ0) is 29.1. The van der Waals surface area contributed by atoms with Gasteiger partial charge in [0.1, 0.15) is 23.0 Å². The van der Waals surface area contributed by atoms with E-state index >= 15 is 0 Å². The number of hydrogen-bond donors (Lipinski definition) is 3. The number of nitrogens with one attached hydrogen (secondary N) is 3. The minimum absolute atomic E-state index is 0.162. The summed E-state index contributed by atoms with van der Waals surface area (Å²) in [5.41, 5.74) is 0.629. The van der Waals surface area contributed by atoms with Gasteiger partial charge in [0, 0.05) is 36.6 Å². The number of carbonyl (C=O) groups is 3. The predicted octanol–water partition coefficient (Wildman–Crippen LogP) is 5.04. The van der Waals surface area contributed by atoms with Crippen molar-refractivity contribution in [3.05, 3.63) is 71.7 Å². The minimum Gasteiger partial charge on any atom is -0.444 e. The Bertz CT molecular complexity index is 1350. The monoisotopic (exact) mass is 550 g/mol. The summed E-state index contributed by atoms with van der Waals surface area (Å²) in [5, 5.41) is 6.13. The number of halogens is 1. The lowest BCUT2D eigenvalue weighted by Gasteiger charge is -2.35. The van der Waals surface area contributed by atoms with E-state index in [-0.39, 0.29) is 18.1 Å². The molecule has 1 unspecified atom stereocenters. The van der Waals surface area contributed by atoms with Gasteiger partial charge in [0.2, 0.25) is 11.8 Å². The summed E-state index contributed by atoms with van der Waals surface area (Å²) >= 11 is 0. The van der Waals surface area contributed by atoms with E-state index in [2.05, 4.69) is 27.8 Å². The second kappa shape index (κ2) is 11.7. The Balaban J connectivity index is 1.52. The second-order valence-electron chi connectivity index (χ2n) is 12.0. The van der Waals surface area contributed by atoms with Gasteiger partial charge in [-0.3, -0.25) is 9.59 Å². The fourth-order valence-electron chi connectivity index (χ4n) is 5.07. The Labute approximate surface area is 234 Å². The molecule has 0 spiro atoms. The van der Waals surface area contributed by atoms with E-state index in [0.717, 1.165) is 18.4 Å². The van der Waals surface area contributed by atoms with Gasteiger partial charge in [-0.15, -0.1) is 0 Å². The van der Waals surface area contributed by atoms with E-state index in [4.69, 9.17) is 4.74 Å². The Morgan fingerprint density at radius 2 is 1.73 bits per heavy atom. The number of aromatic amines is 1. The van der Waals surface area contributed by atoms with Crippen molar-refractivity contribution in [2.45, 2.75) is 77.0 Å². The van der Waals surface area contributed by atoms with Gasteiger partial charge < -0.3 is 25.3 Å². The molecule has 40 heavy (non-hydrogen) atoms. The SMILES string of the molecule is CC(C)(C)OC(=O)NC(C)(C)C(=O)NC(Cc1c[nH]c2ccc(F)cc12)C(=O)N1CCC(c2ccccc2)CC1. The van der Waals surface area contributed by atoms with Crippen LogP contribution in [0, 0.1) is 5.82 Å². The summed E-state index contributed by atoms with van der Waals surface area (Å²) in [7, 11) is 0. The highest BCUT2D eigenvalue weighted by Gasteiger charge is 2.36. The van der Waals surface area contributed by atoms with Gasteiger partial charge in [-0.1, -0.05) is 30.3 Å². The maximum Gasteiger partial charge on any atom is 0.408 e. The summed E-state index contributed by atoms with van der Waals surface area (Å²) in [5.74, 6) is -0.752. The number of piperidine rings is 1. The van der Waals surface area contributed by atoms with Crippen molar-refractivity contribution in [3.8, 4) is 0 Å². The van der Waals surface area contributed by atoms with E-state index in [0.29, 0.717) is 30.0 Å². The Hall–Kier alpha value is -3.88. The van der Waals surface area contributed by atoms with Gasteiger partial charge in [-0.05, 0) is 82.7 Å². The van der Waals surface area contributed by atoms with E-state index in [1.165, 1.54) is 17.7 Å². The number of likely N-dealkylation sites (tertiary alicyclic amines) is 1. The molecule has 4 rings (SSSR count). The number of hydrogen-bond acceptors (Lipinski definition) is 4. The molecular weight excluding hydrogens is 511 g/mol. The van der Waals surface area contributed by atoms with Crippen LogP contribution in [0.3, 0.4) is 0 Å². The first-order chi connectivity index (χ1) is 18.8. The van der Waals surface area contributed by atoms with Crippen LogP contribution in [0.1, 0.15) is 64.5 Å². The number of aromatic nitrogens is 1. The van der Waals surface area contributed by atoms with Gasteiger partial charge in [0.15, 0.2) is 0 Å². The summed E-state index contributed by atoms with van der Waals surface area (Å²) in [6.45, 7) is 9.44. The van der Waals surface area contributed by atoms with Crippen molar-refractivity contribution >= 4 is 28.8 Å². The average Bonchev–Trinajstić information content (AvgIpc) is 3.28. The fraction of sp³-hybridized carbons (Fsp3) is 0.452. The molecule has 3 amide bonds. The van der Waals surface area contributed by atoms with Crippen LogP contribution in [0.4, 0.5) is 9.18 Å². The normalized spacial score (nSPS) is 15.5. The van der Waals surface area contributed by atoms with Crippen LogP contribution >= 0.6 is 0 Å². The molecule has 2 aromatic carbocycles. The third kappa shape index (κ3) is 7.20. The van der Waals surface area contributed by atoms with E-state index in [9.17, 15) is 18.8 Å².